The van der Waals surface area contributed by atoms with Crippen LogP contribution in [0.3, 0.4) is 0 Å². The van der Waals surface area contributed by atoms with E-state index in [1.54, 1.807) is 6.92 Å². The molecule has 1 rings (SSSR count). The molecule has 0 aromatic rings. The summed E-state index contributed by atoms with van der Waals surface area (Å²) in [5, 5.41) is 12.1. The molecule has 3 nitrogen and oxygen atoms in total. The molecule has 1 amide bonds. The fourth-order valence-electron chi connectivity index (χ4n) is 2.56. The van der Waals surface area contributed by atoms with Gasteiger partial charge in [0.2, 0.25) is 5.91 Å². The monoisotopic (exact) mass is 227 g/mol. The first-order chi connectivity index (χ1) is 7.21. The highest BCUT2D eigenvalue weighted by molar-refractivity contribution is 5.84. The highest BCUT2D eigenvalue weighted by Gasteiger charge is 2.68. The molecule has 0 aliphatic heterocycles. The average molecular weight is 227 g/mol. The lowest BCUT2D eigenvalue weighted by Gasteiger charge is -2.07. The molecule has 1 saturated carbocycles. The lowest BCUT2D eigenvalue weighted by Crippen LogP contribution is -2.28. The minimum absolute atomic E-state index is 0.112. The van der Waals surface area contributed by atoms with Gasteiger partial charge in [-0.05, 0) is 30.6 Å². The number of rotatable bonds is 5. The maximum Gasteiger partial charge on any atom is 0.224 e. The van der Waals surface area contributed by atoms with Crippen LogP contribution in [-0.2, 0) is 4.79 Å². The third kappa shape index (κ3) is 2.40. The van der Waals surface area contributed by atoms with Crippen molar-refractivity contribution in [2.45, 2.75) is 53.6 Å². The Kier molecular flexibility index (Phi) is 3.68. The third-order valence-corrected chi connectivity index (χ3v) is 4.38. The predicted octanol–water partition coefficient (Wildman–Crippen LogP) is 1.95. The van der Waals surface area contributed by atoms with Gasteiger partial charge in [-0.15, -0.1) is 0 Å². The number of amides is 1. The van der Waals surface area contributed by atoms with E-state index in [2.05, 4.69) is 33.0 Å². The van der Waals surface area contributed by atoms with Gasteiger partial charge in [-0.3, -0.25) is 4.79 Å². The number of hydrogen-bond acceptors (Lipinski definition) is 2. The molecule has 0 aromatic carbocycles. The van der Waals surface area contributed by atoms with Crippen molar-refractivity contribution in [3.05, 3.63) is 0 Å². The Morgan fingerprint density at radius 1 is 1.31 bits per heavy atom. The summed E-state index contributed by atoms with van der Waals surface area (Å²) in [4.78, 5) is 11.9. The van der Waals surface area contributed by atoms with Crippen molar-refractivity contribution in [2.75, 3.05) is 6.54 Å². The number of hydrogen-bond donors (Lipinski definition) is 2. The second-order valence-corrected chi connectivity index (χ2v) is 6.16. The average Bonchev–Trinajstić information content (AvgIpc) is 2.51. The van der Waals surface area contributed by atoms with E-state index < -0.39 is 0 Å². The zero-order valence-corrected chi connectivity index (χ0v) is 11.1. The SMILES string of the molecule is CC(O)CCCNC(=O)C1C(C)(C)C1(C)C. The van der Waals surface area contributed by atoms with E-state index in [0.29, 0.717) is 6.54 Å². The largest absolute Gasteiger partial charge is 0.393 e. The van der Waals surface area contributed by atoms with Crippen molar-refractivity contribution in [2.24, 2.45) is 16.7 Å². The smallest absolute Gasteiger partial charge is 0.224 e. The van der Waals surface area contributed by atoms with Gasteiger partial charge in [-0.25, -0.2) is 0 Å². The summed E-state index contributed by atoms with van der Waals surface area (Å²) < 4.78 is 0. The Morgan fingerprint density at radius 2 is 1.81 bits per heavy atom. The summed E-state index contributed by atoms with van der Waals surface area (Å²) >= 11 is 0. The van der Waals surface area contributed by atoms with E-state index in [-0.39, 0.29) is 28.8 Å². The van der Waals surface area contributed by atoms with Crippen molar-refractivity contribution in [3.8, 4) is 0 Å². The van der Waals surface area contributed by atoms with E-state index in [0.717, 1.165) is 12.8 Å². The van der Waals surface area contributed by atoms with Gasteiger partial charge in [-0.1, -0.05) is 27.7 Å². The number of carbonyl (C=O) groups is 1. The molecule has 0 heterocycles. The molecule has 0 saturated heterocycles. The summed E-state index contributed by atoms with van der Waals surface area (Å²) in [6.45, 7) is 11.0. The zero-order chi connectivity index (χ0) is 12.6. The molecule has 1 unspecified atom stereocenters. The lowest BCUT2D eigenvalue weighted by molar-refractivity contribution is -0.123. The Morgan fingerprint density at radius 3 is 2.19 bits per heavy atom. The molecule has 0 bridgehead atoms. The third-order valence-electron chi connectivity index (χ3n) is 4.38. The van der Waals surface area contributed by atoms with Crippen molar-refractivity contribution in [1.29, 1.82) is 0 Å². The minimum Gasteiger partial charge on any atom is -0.393 e. The maximum absolute atomic E-state index is 11.9. The summed E-state index contributed by atoms with van der Waals surface area (Å²) in [6, 6.07) is 0. The summed E-state index contributed by atoms with van der Waals surface area (Å²) in [5.41, 5.74) is 0.225. The quantitative estimate of drug-likeness (QED) is 0.705. The Labute approximate surface area is 98.6 Å². The summed E-state index contributed by atoms with van der Waals surface area (Å²) in [5.74, 6) is 0.298. The molecule has 1 fully saturated rings. The molecule has 0 aromatic heterocycles. The van der Waals surface area contributed by atoms with E-state index in [9.17, 15) is 4.79 Å². The van der Waals surface area contributed by atoms with Gasteiger partial charge in [-0.2, -0.15) is 0 Å². The molecule has 1 aliphatic rings. The zero-order valence-electron chi connectivity index (χ0n) is 11.1. The van der Waals surface area contributed by atoms with E-state index >= 15 is 0 Å². The van der Waals surface area contributed by atoms with Crippen LogP contribution in [0.1, 0.15) is 47.5 Å². The Hall–Kier alpha value is -0.570. The molecule has 1 atom stereocenters. The van der Waals surface area contributed by atoms with Gasteiger partial charge >= 0.3 is 0 Å². The van der Waals surface area contributed by atoms with Crippen molar-refractivity contribution in [1.82, 2.24) is 5.32 Å². The van der Waals surface area contributed by atoms with Crippen molar-refractivity contribution >= 4 is 5.91 Å². The molecular weight excluding hydrogens is 202 g/mol. The number of nitrogens with one attached hydrogen (secondary N) is 1. The Bertz CT molecular complexity index is 255. The van der Waals surface area contributed by atoms with Crippen LogP contribution in [0.15, 0.2) is 0 Å². The molecule has 3 heteroatoms. The first kappa shape index (κ1) is 13.5. The molecule has 0 radical (unpaired) electrons. The van der Waals surface area contributed by atoms with Crippen LogP contribution in [0.25, 0.3) is 0 Å². The second-order valence-electron chi connectivity index (χ2n) is 6.16. The van der Waals surface area contributed by atoms with Crippen LogP contribution in [0.5, 0.6) is 0 Å². The minimum atomic E-state index is -0.272. The van der Waals surface area contributed by atoms with Gasteiger partial charge in [0.25, 0.3) is 0 Å². The standard InChI is InChI=1S/C13H25NO2/c1-9(15)7-6-8-14-11(16)10-12(2,3)13(10,4)5/h9-10,15H,6-8H2,1-5H3,(H,14,16). The molecule has 16 heavy (non-hydrogen) atoms. The van der Waals surface area contributed by atoms with Gasteiger partial charge in [0.05, 0.1) is 6.10 Å². The van der Waals surface area contributed by atoms with Gasteiger partial charge in [0.15, 0.2) is 0 Å². The van der Waals surface area contributed by atoms with Gasteiger partial charge in [0, 0.05) is 12.5 Å². The fourth-order valence-corrected chi connectivity index (χ4v) is 2.56. The van der Waals surface area contributed by atoms with Crippen LogP contribution in [0.2, 0.25) is 0 Å². The molecule has 2 N–H and O–H groups in total. The molecular formula is C13H25NO2. The van der Waals surface area contributed by atoms with Crippen LogP contribution in [0, 0.1) is 16.7 Å². The first-order valence-corrected chi connectivity index (χ1v) is 6.17. The maximum atomic E-state index is 11.9. The predicted molar refractivity (Wildman–Crippen MR) is 65.0 cm³/mol. The number of aliphatic hydroxyl groups is 1. The van der Waals surface area contributed by atoms with E-state index in [1.807, 2.05) is 0 Å². The highest BCUT2D eigenvalue weighted by Crippen LogP contribution is 2.68. The van der Waals surface area contributed by atoms with E-state index in [4.69, 9.17) is 5.11 Å². The van der Waals surface area contributed by atoms with E-state index in [1.165, 1.54) is 0 Å². The lowest BCUT2D eigenvalue weighted by atomic mass is 10.0. The highest BCUT2D eigenvalue weighted by atomic mass is 16.3. The summed E-state index contributed by atoms with van der Waals surface area (Å²) in [7, 11) is 0. The van der Waals surface area contributed by atoms with Crippen molar-refractivity contribution in [3.63, 3.8) is 0 Å². The Balaban J connectivity index is 2.28. The second kappa shape index (κ2) is 4.36. The summed E-state index contributed by atoms with van der Waals surface area (Å²) in [6.07, 6.45) is 1.32. The topological polar surface area (TPSA) is 49.3 Å². The normalized spacial score (nSPS) is 23.9. The van der Waals surface area contributed by atoms with Crippen LogP contribution in [-0.4, -0.2) is 23.7 Å². The van der Waals surface area contributed by atoms with Crippen LogP contribution < -0.4 is 5.32 Å². The van der Waals surface area contributed by atoms with Crippen LogP contribution in [0.4, 0.5) is 0 Å². The van der Waals surface area contributed by atoms with Gasteiger partial charge in [0.1, 0.15) is 0 Å². The fraction of sp³-hybridized carbons (Fsp3) is 0.923. The molecule has 0 spiro atoms. The van der Waals surface area contributed by atoms with Crippen molar-refractivity contribution < 1.29 is 9.90 Å². The number of aliphatic hydroxyl groups excluding tert-OH is 1. The molecule has 94 valence electrons. The number of carbonyl (C=O) groups excluding carboxylic acids is 1. The molecule has 1 aliphatic carbocycles. The van der Waals surface area contributed by atoms with Gasteiger partial charge < -0.3 is 10.4 Å². The van der Waals surface area contributed by atoms with Crippen LogP contribution >= 0.6 is 0 Å². The first-order valence-electron chi connectivity index (χ1n) is 6.17.